The van der Waals surface area contributed by atoms with E-state index in [-0.39, 0.29) is 30.2 Å². The molecule has 3 fully saturated rings. The Kier molecular flexibility index (Phi) is 5.60. The first-order valence-electron chi connectivity index (χ1n) is 15.1. The lowest BCUT2D eigenvalue weighted by Gasteiger charge is -2.34. The number of imide groups is 1. The first kappa shape index (κ1) is 24.8. The predicted molar refractivity (Wildman–Crippen MR) is 156 cm³/mol. The minimum Gasteiger partial charge on any atom is -0.371 e. The lowest BCUT2D eigenvalue weighted by atomic mass is 9.88. The smallest absolute Gasteiger partial charge is 0.263 e. The predicted octanol–water partition coefficient (Wildman–Crippen LogP) is 4.97. The molecule has 2 saturated carbocycles. The molecule has 1 aromatic heterocycles. The van der Waals surface area contributed by atoms with Gasteiger partial charge in [-0.1, -0.05) is 36.4 Å². The number of piperidine rings is 1. The molecule has 1 saturated heterocycles. The summed E-state index contributed by atoms with van der Waals surface area (Å²) in [4.78, 5) is 48.1. The Bertz CT molecular complexity index is 1620. The molecule has 208 valence electrons. The molecule has 7 heteroatoms. The Morgan fingerprint density at radius 3 is 2.63 bits per heavy atom. The lowest BCUT2D eigenvalue weighted by molar-refractivity contribution is -0.125. The van der Waals surface area contributed by atoms with Gasteiger partial charge in [-0.05, 0) is 85.1 Å². The van der Waals surface area contributed by atoms with Crippen LogP contribution in [0.2, 0.25) is 0 Å². The van der Waals surface area contributed by atoms with E-state index in [2.05, 4.69) is 27.4 Å². The van der Waals surface area contributed by atoms with Crippen LogP contribution in [-0.2, 0) is 11.3 Å². The van der Waals surface area contributed by atoms with Gasteiger partial charge in [0.1, 0.15) is 0 Å². The van der Waals surface area contributed by atoms with E-state index in [0.717, 1.165) is 47.5 Å². The van der Waals surface area contributed by atoms with Crippen LogP contribution < -0.4 is 10.2 Å². The van der Waals surface area contributed by atoms with Gasteiger partial charge in [0.25, 0.3) is 11.8 Å². The van der Waals surface area contributed by atoms with E-state index in [4.69, 9.17) is 0 Å². The summed E-state index contributed by atoms with van der Waals surface area (Å²) < 4.78 is 0. The molecule has 5 aliphatic rings. The summed E-state index contributed by atoms with van der Waals surface area (Å²) in [5, 5.41) is 4.27. The third-order valence-electron chi connectivity index (χ3n) is 10.6. The molecule has 2 aromatic carbocycles. The number of nitrogens with zero attached hydrogens (tertiary/aromatic N) is 3. The molecule has 0 radical (unpaired) electrons. The molecule has 2 bridgehead atoms. The molecule has 7 nitrogen and oxygen atoms in total. The highest BCUT2D eigenvalue weighted by Gasteiger charge is 2.62. The van der Waals surface area contributed by atoms with Crippen LogP contribution in [-0.4, -0.2) is 47.2 Å². The fourth-order valence-electron chi connectivity index (χ4n) is 8.22. The maximum absolute atomic E-state index is 13.6. The van der Waals surface area contributed by atoms with Crippen molar-refractivity contribution in [1.29, 1.82) is 0 Å². The topological polar surface area (TPSA) is 82.6 Å². The van der Waals surface area contributed by atoms with Gasteiger partial charge in [-0.25, -0.2) is 0 Å². The normalized spacial score (nSPS) is 25.9. The van der Waals surface area contributed by atoms with E-state index in [9.17, 15) is 14.4 Å². The zero-order valence-electron chi connectivity index (χ0n) is 23.1. The second kappa shape index (κ2) is 9.26. The van der Waals surface area contributed by atoms with E-state index in [1.165, 1.54) is 24.2 Å². The minimum atomic E-state index is -0.266. The van der Waals surface area contributed by atoms with Crippen molar-refractivity contribution in [3.05, 3.63) is 83.6 Å². The SMILES string of the molecule is O=C(NC[C@H]1C[C@H]2C=C[C@@H]1C21CC1)C1CCN(c2cccc3c2C(=O)N(Cc2cnc4ccccc4c2)C3=O)CC1. The van der Waals surface area contributed by atoms with Gasteiger partial charge in [0.2, 0.25) is 5.91 Å². The summed E-state index contributed by atoms with van der Waals surface area (Å²) in [5.41, 5.74) is 3.98. The summed E-state index contributed by atoms with van der Waals surface area (Å²) in [5.74, 6) is 1.61. The van der Waals surface area contributed by atoms with Crippen molar-refractivity contribution in [3.8, 4) is 0 Å². The van der Waals surface area contributed by atoms with E-state index < -0.39 is 0 Å². The lowest BCUT2D eigenvalue weighted by Crippen LogP contribution is -2.42. The van der Waals surface area contributed by atoms with Crippen molar-refractivity contribution in [2.75, 3.05) is 24.5 Å². The molecule has 3 heterocycles. The monoisotopic (exact) mass is 546 g/mol. The number of nitrogens with one attached hydrogen (secondary N) is 1. The van der Waals surface area contributed by atoms with Gasteiger partial charge in [-0.3, -0.25) is 24.3 Å². The van der Waals surface area contributed by atoms with Gasteiger partial charge >= 0.3 is 0 Å². The average molecular weight is 547 g/mol. The summed E-state index contributed by atoms with van der Waals surface area (Å²) >= 11 is 0. The molecular weight excluding hydrogens is 512 g/mol. The number of amides is 3. The molecule has 8 rings (SSSR count). The molecule has 0 unspecified atom stereocenters. The molecule has 41 heavy (non-hydrogen) atoms. The number of rotatable bonds is 6. The quantitative estimate of drug-likeness (QED) is 0.349. The van der Waals surface area contributed by atoms with Crippen LogP contribution in [0.4, 0.5) is 5.69 Å². The highest BCUT2D eigenvalue weighted by molar-refractivity contribution is 6.23. The summed E-state index contributed by atoms with van der Waals surface area (Å²) in [6.45, 7) is 2.35. The fraction of sp³-hybridized carbons (Fsp3) is 0.412. The van der Waals surface area contributed by atoms with Crippen molar-refractivity contribution in [2.24, 2.45) is 29.1 Å². The number of carbonyl (C=O) groups excluding carboxylic acids is 3. The molecule has 1 N–H and O–H groups in total. The molecule has 2 aliphatic heterocycles. The number of anilines is 1. The largest absolute Gasteiger partial charge is 0.371 e. The van der Waals surface area contributed by atoms with Crippen molar-refractivity contribution in [1.82, 2.24) is 15.2 Å². The minimum absolute atomic E-state index is 0.0127. The van der Waals surface area contributed by atoms with Gasteiger partial charge in [0.05, 0.1) is 28.9 Å². The fourth-order valence-corrected chi connectivity index (χ4v) is 8.22. The molecule has 3 amide bonds. The van der Waals surface area contributed by atoms with E-state index in [1.54, 1.807) is 12.3 Å². The van der Waals surface area contributed by atoms with E-state index in [1.807, 2.05) is 42.5 Å². The van der Waals surface area contributed by atoms with Gasteiger partial charge in [-0.2, -0.15) is 0 Å². The maximum Gasteiger partial charge on any atom is 0.263 e. The number of aromatic nitrogens is 1. The van der Waals surface area contributed by atoms with Crippen LogP contribution in [0.3, 0.4) is 0 Å². The summed E-state index contributed by atoms with van der Waals surface area (Å²) in [6.07, 6.45) is 12.0. The average Bonchev–Trinajstić information content (AvgIpc) is 3.62. The third-order valence-corrected chi connectivity index (χ3v) is 10.6. The van der Waals surface area contributed by atoms with Gasteiger partial charge < -0.3 is 10.2 Å². The molecule has 3 atom stereocenters. The second-order valence-corrected chi connectivity index (χ2v) is 12.7. The third kappa shape index (κ3) is 3.92. The number of allylic oxidation sites excluding steroid dienone is 2. The Morgan fingerprint density at radius 1 is 1.00 bits per heavy atom. The highest BCUT2D eigenvalue weighted by atomic mass is 16.2. The van der Waals surface area contributed by atoms with Crippen LogP contribution in [0.5, 0.6) is 0 Å². The van der Waals surface area contributed by atoms with Crippen LogP contribution in [0.25, 0.3) is 10.9 Å². The number of hydrogen-bond donors (Lipinski definition) is 1. The van der Waals surface area contributed by atoms with Crippen LogP contribution in [0.1, 0.15) is 58.4 Å². The van der Waals surface area contributed by atoms with Gasteiger partial charge in [0, 0.05) is 37.1 Å². The number of carbonyl (C=O) groups is 3. The van der Waals surface area contributed by atoms with Crippen molar-refractivity contribution in [3.63, 3.8) is 0 Å². The van der Waals surface area contributed by atoms with Crippen molar-refractivity contribution >= 4 is 34.3 Å². The van der Waals surface area contributed by atoms with E-state index >= 15 is 0 Å². The van der Waals surface area contributed by atoms with Gasteiger partial charge in [-0.15, -0.1) is 0 Å². The number of para-hydroxylation sites is 1. The van der Waals surface area contributed by atoms with Crippen molar-refractivity contribution in [2.45, 2.75) is 38.6 Å². The Hall–Kier alpha value is -4.00. The van der Waals surface area contributed by atoms with Gasteiger partial charge in [0.15, 0.2) is 0 Å². The first-order valence-corrected chi connectivity index (χ1v) is 15.1. The zero-order chi connectivity index (χ0) is 27.7. The summed E-state index contributed by atoms with van der Waals surface area (Å²) in [7, 11) is 0. The van der Waals surface area contributed by atoms with E-state index in [0.29, 0.717) is 41.5 Å². The summed E-state index contributed by atoms with van der Waals surface area (Å²) in [6, 6.07) is 15.3. The second-order valence-electron chi connectivity index (χ2n) is 12.7. The maximum atomic E-state index is 13.6. The molecule has 1 spiro atoms. The Balaban J connectivity index is 0.920. The number of pyridine rings is 1. The van der Waals surface area contributed by atoms with Crippen molar-refractivity contribution < 1.29 is 14.4 Å². The Labute approximate surface area is 239 Å². The Morgan fingerprint density at radius 2 is 1.83 bits per heavy atom. The number of benzene rings is 2. The van der Waals surface area contributed by atoms with Crippen LogP contribution in [0, 0.1) is 29.1 Å². The number of hydrogen-bond acceptors (Lipinski definition) is 5. The molecular formula is C34H34N4O3. The highest BCUT2D eigenvalue weighted by Crippen LogP contribution is 2.69. The van der Waals surface area contributed by atoms with Crippen LogP contribution >= 0.6 is 0 Å². The zero-order valence-corrected chi connectivity index (χ0v) is 23.1. The standard InChI is InChI=1S/C34H34N4O3/c39-31(36-19-24-17-25-8-9-27(24)34(25)12-13-34)22-10-14-37(15-11-22)29-7-3-5-26-30(29)33(41)38(32(26)40)20-21-16-23-4-1-2-6-28(23)35-18-21/h1-9,16,18,22,24-25,27H,10-15,17,19-20H2,(H,36,39)/t24-,25-,27+/m1/s1. The number of fused-ring (bicyclic) bond motifs is 2. The van der Waals surface area contributed by atoms with Crippen LogP contribution in [0.15, 0.2) is 66.9 Å². The molecule has 3 aromatic rings. The molecule has 3 aliphatic carbocycles. The first-order chi connectivity index (χ1) is 20.0.